The van der Waals surface area contributed by atoms with Gasteiger partial charge in [-0.05, 0) is 24.6 Å². The minimum atomic E-state index is -0.143. The highest BCUT2D eigenvalue weighted by molar-refractivity contribution is 5.96. The molecule has 1 aromatic rings. The molecule has 1 fully saturated rings. The summed E-state index contributed by atoms with van der Waals surface area (Å²) in [5.74, 6) is 0.272. The fraction of sp³-hybridized carbons (Fsp3) is 0.417. The molecule has 1 amide bonds. The molecular weight excluding hydrogens is 218 g/mol. The Kier molecular flexibility index (Phi) is 3.49. The minimum absolute atomic E-state index is 0.143. The monoisotopic (exact) mass is 235 g/mol. The number of nitrogens with two attached hydrogens (primary N) is 2. The number of rotatable bonds is 3. The first-order valence-electron chi connectivity index (χ1n) is 5.67. The summed E-state index contributed by atoms with van der Waals surface area (Å²) in [6, 6.07) is 4.87. The van der Waals surface area contributed by atoms with Crippen molar-refractivity contribution in [2.45, 2.75) is 6.42 Å². The first kappa shape index (κ1) is 11.7. The van der Waals surface area contributed by atoms with Gasteiger partial charge >= 0.3 is 0 Å². The molecule has 5 nitrogen and oxygen atoms in total. The summed E-state index contributed by atoms with van der Waals surface area (Å²) in [6.45, 7) is 2.14. The first-order chi connectivity index (χ1) is 8.15. The van der Waals surface area contributed by atoms with Crippen LogP contribution in [0, 0.1) is 5.92 Å². The lowest BCUT2D eigenvalue weighted by molar-refractivity contribution is 0.0945. The van der Waals surface area contributed by atoms with Gasteiger partial charge in [-0.25, -0.2) is 0 Å². The molecule has 1 heterocycles. The van der Waals surface area contributed by atoms with E-state index < -0.39 is 0 Å². The van der Waals surface area contributed by atoms with E-state index in [4.69, 9.17) is 16.2 Å². The van der Waals surface area contributed by atoms with E-state index in [1.165, 1.54) is 0 Å². The summed E-state index contributed by atoms with van der Waals surface area (Å²) < 4.78 is 5.24. The van der Waals surface area contributed by atoms with Gasteiger partial charge in [0.2, 0.25) is 0 Å². The molecule has 0 aliphatic carbocycles. The third-order valence-corrected chi connectivity index (χ3v) is 2.82. The van der Waals surface area contributed by atoms with E-state index in [9.17, 15) is 4.79 Å². The molecule has 0 saturated carbocycles. The summed E-state index contributed by atoms with van der Waals surface area (Å²) in [5.41, 5.74) is 12.8. The van der Waals surface area contributed by atoms with Crippen LogP contribution in [0.15, 0.2) is 18.2 Å². The highest BCUT2D eigenvalue weighted by Gasteiger charge is 2.16. The van der Waals surface area contributed by atoms with Crippen LogP contribution in [-0.2, 0) is 4.74 Å². The smallest absolute Gasteiger partial charge is 0.251 e. The van der Waals surface area contributed by atoms with E-state index in [2.05, 4.69) is 5.32 Å². The predicted octanol–water partition coefficient (Wildman–Crippen LogP) is 0.617. The van der Waals surface area contributed by atoms with Gasteiger partial charge in [-0.2, -0.15) is 0 Å². The normalized spacial score (nSPS) is 19.2. The minimum Gasteiger partial charge on any atom is -0.399 e. The largest absolute Gasteiger partial charge is 0.399 e. The molecule has 5 heteroatoms. The Morgan fingerprint density at radius 2 is 2.06 bits per heavy atom. The number of hydrogen-bond donors (Lipinski definition) is 3. The Bertz CT molecular complexity index is 394. The number of carbonyl (C=O) groups excluding carboxylic acids is 1. The van der Waals surface area contributed by atoms with Gasteiger partial charge in [0.05, 0.1) is 6.61 Å². The Morgan fingerprint density at radius 1 is 1.35 bits per heavy atom. The van der Waals surface area contributed by atoms with Crippen LogP contribution < -0.4 is 16.8 Å². The maximum Gasteiger partial charge on any atom is 0.251 e. The van der Waals surface area contributed by atoms with Crippen LogP contribution in [0.4, 0.5) is 11.4 Å². The third-order valence-electron chi connectivity index (χ3n) is 2.82. The number of carbonyl (C=O) groups is 1. The average molecular weight is 235 g/mol. The van der Waals surface area contributed by atoms with E-state index in [0.29, 0.717) is 29.4 Å². The standard InChI is InChI=1S/C12H17N3O2/c13-10-3-9(4-11(14)5-10)12(16)15-6-8-1-2-17-7-8/h3-5,8H,1-2,6-7,13-14H2,(H,15,16). The Hall–Kier alpha value is -1.75. The quantitative estimate of drug-likeness (QED) is 0.670. The van der Waals surface area contributed by atoms with Crippen molar-refractivity contribution < 1.29 is 9.53 Å². The molecule has 1 unspecified atom stereocenters. The van der Waals surface area contributed by atoms with Gasteiger partial charge in [0.15, 0.2) is 0 Å². The highest BCUT2D eigenvalue weighted by Crippen LogP contribution is 2.14. The highest BCUT2D eigenvalue weighted by atomic mass is 16.5. The topological polar surface area (TPSA) is 90.4 Å². The second-order valence-electron chi connectivity index (χ2n) is 4.33. The summed E-state index contributed by atoms with van der Waals surface area (Å²) in [5, 5.41) is 2.87. The lowest BCUT2D eigenvalue weighted by Crippen LogP contribution is -2.29. The number of nitrogens with one attached hydrogen (secondary N) is 1. The number of amides is 1. The molecular formula is C12H17N3O2. The molecule has 0 aromatic heterocycles. The molecule has 1 aliphatic rings. The zero-order valence-corrected chi connectivity index (χ0v) is 9.61. The lowest BCUT2D eigenvalue weighted by Gasteiger charge is -2.10. The Balaban J connectivity index is 1.94. The van der Waals surface area contributed by atoms with Crippen molar-refractivity contribution in [3.63, 3.8) is 0 Å². The maximum atomic E-state index is 11.8. The van der Waals surface area contributed by atoms with Crippen molar-refractivity contribution in [1.29, 1.82) is 0 Å². The van der Waals surface area contributed by atoms with Crippen molar-refractivity contribution >= 4 is 17.3 Å². The molecule has 1 atom stereocenters. The molecule has 17 heavy (non-hydrogen) atoms. The summed E-state index contributed by atoms with van der Waals surface area (Å²) in [6.07, 6.45) is 0.999. The van der Waals surface area contributed by atoms with Gasteiger partial charge in [-0.1, -0.05) is 0 Å². The van der Waals surface area contributed by atoms with Crippen molar-refractivity contribution in [1.82, 2.24) is 5.32 Å². The van der Waals surface area contributed by atoms with Gasteiger partial charge in [0.1, 0.15) is 0 Å². The van der Waals surface area contributed by atoms with Gasteiger partial charge in [0.25, 0.3) is 5.91 Å². The van der Waals surface area contributed by atoms with Crippen LogP contribution in [0.5, 0.6) is 0 Å². The van der Waals surface area contributed by atoms with Gasteiger partial charge in [-0.15, -0.1) is 0 Å². The molecule has 0 bridgehead atoms. The van der Waals surface area contributed by atoms with Crippen molar-refractivity contribution in [3.05, 3.63) is 23.8 Å². The maximum absolute atomic E-state index is 11.8. The van der Waals surface area contributed by atoms with E-state index in [1.807, 2.05) is 0 Å². The predicted molar refractivity (Wildman–Crippen MR) is 66.5 cm³/mol. The third kappa shape index (κ3) is 3.10. The fourth-order valence-electron chi connectivity index (χ4n) is 1.89. The van der Waals surface area contributed by atoms with Crippen LogP contribution in [0.2, 0.25) is 0 Å². The van der Waals surface area contributed by atoms with Crippen molar-refractivity contribution in [2.24, 2.45) is 5.92 Å². The summed E-state index contributed by atoms with van der Waals surface area (Å²) >= 11 is 0. The van der Waals surface area contributed by atoms with Crippen LogP contribution in [0.1, 0.15) is 16.8 Å². The van der Waals surface area contributed by atoms with Crippen LogP contribution in [0.3, 0.4) is 0 Å². The van der Waals surface area contributed by atoms with Crippen LogP contribution in [-0.4, -0.2) is 25.7 Å². The molecule has 1 aliphatic heterocycles. The summed E-state index contributed by atoms with van der Waals surface area (Å²) in [7, 11) is 0. The fourth-order valence-corrected chi connectivity index (χ4v) is 1.89. The van der Waals surface area contributed by atoms with E-state index in [0.717, 1.165) is 19.6 Å². The second-order valence-corrected chi connectivity index (χ2v) is 4.33. The molecule has 0 radical (unpaired) electrons. The average Bonchev–Trinajstić information content (AvgIpc) is 2.77. The number of nitrogen functional groups attached to an aromatic ring is 2. The number of anilines is 2. The molecule has 5 N–H and O–H groups in total. The van der Waals surface area contributed by atoms with Gasteiger partial charge in [-0.3, -0.25) is 4.79 Å². The first-order valence-corrected chi connectivity index (χ1v) is 5.67. The zero-order chi connectivity index (χ0) is 12.3. The molecule has 92 valence electrons. The molecule has 2 rings (SSSR count). The van der Waals surface area contributed by atoms with Crippen LogP contribution >= 0.6 is 0 Å². The van der Waals surface area contributed by atoms with Gasteiger partial charge < -0.3 is 21.5 Å². The second kappa shape index (κ2) is 5.05. The number of benzene rings is 1. The lowest BCUT2D eigenvalue weighted by atomic mass is 10.1. The number of hydrogen-bond acceptors (Lipinski definition) is 4. The van der Waals surface area contributed by atoms with E-state index >= 15 is 0 Å². The molecule has 1 saturated heterocycles. The van der Waals surface area contributed by atoms with Crippen molar-refractivity contribution in [2.75, 3.05) is 31.2 Å². The summed E-state index contributed by atoms with van der Waals surface area (Å²) in [4.78, 5) is 11.8. The van der Waals surface area contributed by atoms with E-state index in [-0.39, 0.29) is 5.91 Å². The Morgan fingerprint density at radius 3 is 2.65 bits per heavy atom. The Labute approximate surface area is 100 Å². The van der Waals surface area contributed by atoms with Crippen LogP contribution in [0.25, 0.3) is 0 Å². The van der Waals surface area contributed by atoms with E-state index in [1.54, 1.807) is 18.2 Å². The zero-order valence-electron chi connectivity index (χ0n) is 9.61. The SMILES string of the molecule is Nc1cc(N)cc(C(=O)NCC2CCOC2)c1. The van der Waals surface area contributed by atoms with Crippen molar-refractivity contribution in [3.8, 4) is 0 Å². The molecule has 0 spiro atoms. The van der Waals surface area contributed by atoms with Gasteiger partial charge in [0, 0.05) is 36.0 Å². The number of ether oxygens (including phenoxy) is 1. The molecule has 1 aromatic carbocycles.